The Labute approximate surface area is 367 Å². The number of anilines is 6. The van der Waals surface area contributed by atoms with E-state index in [1.165, 1.54) is 73.1 Å². The van der Waals surface area contributed by atoms with Crippen LogP contribution in [0.2, 0.25) is 5.31 Å². The fourth-order valence-corrected chi connectivity index (χ4v) is 10.9. The van der Waals surface area contributed by atoms with Gasteiger partial charge in [-0.25, -0.2) is 0 Å². The van der Waals surface area contributed by atoms with Crippen molar-refractivity contribution < 1.29 is 0 Å². The Balaban J connectivity index is 1.29. The molecule has 5 aromatic rings. The third-order valence-electron chi connectivity index (χ3n) is 14.1. The summed E-state index contributed by atoms with van der Waals surface area (Å²) in [5.74, 6) is 0.862. The van der Waals surface area contributed by atoms with Gasteiger partial charge >= 0.3 is 0 Å². The van der Waals surface area contributed by atoms with E-state index in [4.69, 9.17) is 0 Å². The minimum absolute atomic E-state index is 0.00541. The number of benzene rings is 5. The maximum atomic E-state index is 2.65. The molecule has 2 aliphatic carbocycles. The van der Waals surface area contributed by atoms with Crippen LogP contribution in [0.5, 0.6) is 0 Å². The van der Waals surface area contributed by atoms with Crippen molar-refractivity contribution in [2.24, 2.45) is 17.3 Å². The van der Waals surface area contributed by atoms with E-state index < -0.39 is 0 Å². The number of aryl methyl sites for hydroxylation is 1. The molecule has 0 aromatic heterocycles. The second-order valence-corrected chi connectivity index (χ2v) is 21.6. The summed E-state index contributed by atoms with van der Waals surface area (Å²) in [5.41, 5.74) is 16.8. The molecule has 0 radical (unpaired) electrons. The standard InChI is InChI=1S/C57H64BN3/c1-38-19-16-17-22-48(38)59(44-30-31-46(39(2)35-44)56(9,10)11)45-33-34-57(12)52(37-45)61(42-20-14-13-15-21-42)51-24-18-23-50-53(51)58(57)47-36-41(55(6,7)8)27-32-49(47)60(50)43-28-25-40(26-29-43)54(3,4)5/h13-37,39,46,52H,1-12H3. The first kappa shape index (κ1) is 40.9. The van der Waals surface area contributed by atoms with Gasteiger partial charge in [0.1, 0.15) is 0 Å². The minimum atomic E-state index is -0.311. The number of rotatable bonds is 5. The molecule has 4 unspecified atom stereocenters. The van der Waals surface area contributed by atoms with Crippen LogP contribution in [0, 0.1) is 24.2 Å². The molecule has 3 nitrogen and oxygen atoms in total. The third-order valence-corrected chi connectivity index (χ3v) is 14.1. The molecule has 4 heteroatoms. The Bertz CT molecular complexity index is 2610. The SMILES string of the molecule is Cc1ccccc1N(C1=CC(C)C(C(C)(C)C)C=C1)C1=CC2N(c3ccccc3)c3cccc4c3B(c3cc(C(C)(C)C)ccc3N4c3ccc(C(C)(C)C)cc3)C2(C)C=C1. The van der Waals surface area contributed by atoms with E-state index >= 15 is 0 Å². The predicted molar refractivity (Wildman–Crippen MR) is 264 cm³/mol. The highest BCUT2D eigenvalue weighted by Gasteiger charge is 2.56. The molecule has 4 atom stereocenters. The zero-order valence-electron chi connectivity index (χ0n) is 38.6. The summed E-state index contributed by atoms with van der Waals surface area (Å²) >= 11 is 0. The first-order chi connectivity index (χ1) is 28.9. The van der Waals surface area contributed by atoms with Gasteiger partial charge in [0.15, 0.2) is 0 Å². The lowest BCUT2D eigenvalue weighted by Crippen LogP contribution is -2.66. The van der Waals surface area contributed by atoms with Crippen LogP contribution < -0.4 is 25.6 Å². The van der Waals surface area contributed by atoms with E-state index in [1.54, 1.807) is 0 Å². The van der Waals surface area contributed by atoms with Gasteiger partial charge in [0, 0.05) is 45.5 Å². The van der Waals surface area contributed by atoms with Gasteiger partial charge in [-0.2, -0.15) is 0 Å². The zero-order chi connectivity index (χ0) is 43.2. The largest absolute Gasteiger partial charge is 0.335 e. The van der Waals surface area contributed by atoms with Crippen LogP contribution in [0.15, 0.2) is 163 Å². The first-order valence-electron chi connectivity index (χ1n) is 22.6. The quantitative estimate of drug-likeness (QED) is 0.164. The lowest BCUT2D eigenvalue weighted by molar-refractivity contribution is 0.243. The lowest BCUT2D eigenvalue weighted by atomic mass is 9.23. The Hall–Kier alpha value is -5.48. The number of fused-ring (bicyclic) bond motifs is 4. The minimum Gasteiger partial charge on any atom is -0.335 e. The molecular weight excluding hydrogens is 737 g/mol. The van der Waals surface area contributed by atoms with Crippen LogP contribution in [0.1, 0.15) is 92.9 Å². The Kier molecular flexibility index (Phi) is 9.77. The predicted octanol–water partition coefficient (Wildman–Crippen LogP) is 14.0. The van der Waals surface area contributed by atoms with Crippen LogP contribution in [0.4, 0.5) is 34.1 Å². The van der Waals surface area contributed by atoms with E-state index in [1.807, 2.05) is 0 Å². The van der Waals surface area contributed by atoms with E-state index in [0.29, 0.717) is 11.8 Å². The van der Waals surface area contributed by atoms with Crippen molar-refractivity contribution in [3.8, 4) is 0 Å². The van der Waals surface area contributed by atoms with Crippen LogP contribution in [-0.2, 0) is 10.8 Å². The molecule has 9 rings (SSSR count). The normalized spacial score (nSPS) is 22.0. The van der Waals surface area contributed by atoms with E-state index in [9.17, 15) is 0 Å². The average molecular weight is 802 g/mol. The van der Waals surface area contributed by atoms with Gasteiger partial charge in [-0.1, -0.05) is 161 Å². The molecule has 4 aliphatic rings. The van der Waals surface area contributed by atoms with Crippen LogP contribution in [0.25, 0.3) is 0 Å². The molecule has 310 valence electrons. The van der Waals surface area contributed by atoms with Crippen molar-refractivity contribution in [3.63, 3.8) is 0 Å². The summed E-state index contributed by atoms with van der Waals surface area (Å²) in [4.78, 5) is 7.72. The molecule has 2 aliphatic heterocycles. The molecule has 0 fully saturated rings. The summed E-state index contributed by atoms with van der Waals surface area (Å²) in [7, 11) is 0. The third kappa shape index (κ3) is 6.91. The average Bonchev–Trinajstić information content (AvgIpc) is 3.21. The summed E-state index contributed by atoms with van der Waals surface area (Å²) in [5, 5.41) is -0.311. The van der Waals surface area contributed by atoms with Crippen molar-refractivity contribution in [1.82, 2.24) is 0 Å². The van der Waals surface area contributed by atoms with Gasteiger partial charge in [0.2, 0.25) is 6.71 Å². The monoisotopic (exact) mass is 802 g/mol. The number of allylic oxidation sites excluding steroid dienone is 4. The molecule has 0 bridgehead atoms. The van der Waals surface area contributed by atoms with Gasteiger partial charge in [0.25, 0.3) is 0 Å². The molecule has 0 N–H and O–H groups in total. The molecular formula is C57H64BN3. The smallest absolute Gasteiger partial charge is 0.229 e. The molecule has 0 spiro atoms. The van der Waals surface area contributed by atoms with Crippen molar-refractivity contribution in [3.05, 3.63) is 180 Å². The van der Waals surface area contributed by atoms with E-state index in [0.717, 1.165) is 0 Å². The number of para-hydroxylation sites is 2. The Morgan fingerprint density at radius 3 is 1.92 bits per heavy atom. The number of nitrogens with zero attached hydrogens (tertiary/aromatic N) is 3. The molecule has 0 saturated heterocycles. The summed E-state index contributed by atoms with van der Waals surface area (Å²) < 4.78 is 0. The van der Waals surface area contributed by atoms with E-state index in [-0.39, 0.29) is 34.3 Å². The zero-order valence-corrected chi connectivity index (χ0v) is 38.6. The fraction of sp³-hybridized carbons (Fsp3) is 0.333. The fourth-order valence-electron chi connectivity index (χ4n) is 10.9. The van der Waals surface area contributed by atoms with Crippen molar-refractivity contribution in [1.29, 1.82) is 0 Å². The molecule has 0 amide bonds. The highest BCUT2D eigenvalue weighted by Crippen LogP contribution is 2.55. The number of hydrogen-bond donors (Lipinski definition) is 0. The lowest BCUT2D eigenvalue weighted by Gasteiger charge is -2.55. The van der Waals surface area contributed by atoms with Gasteiger partial charge < -0.3 is 14.7 Å². The van der Waals surface area contributed by atoms with Crippen LogP contribution in [0.3, 0.4) is 0 Å². The Morgan fingerprint density at radius 1 is 0.623 bits per heavy atom. The van der Waals surface area contributed by atoms with Crippen molar-refractivity contribution in [2.45, 2.75) is 105 Å². The molecule has 61 heavy (non-hydrogen) atoms. The van der Waals surface area contributed by atoms with Gasteiger partial charge in [-0.05, 0) is 135 Å². The topological polar surface area (TPSA) is 9.72 Å². The molecule has 2 heterocycles. The second-order valence-electron chi connectivity index (χ2n) is 21.6. The summed E-state index contributed by atoms with van der Waals surface area (Å²) in [6.45, 7) is 28.3. The summed E-state index contributed by atoms with van der Waals surface area (Å²) in [6.07, 6.45) is 15.0. The van der Waals surface area contributed by atoms with E-state index in [2.05, 4.69) is 250 Å². The second kappa shape index (κ2) is 14.6. The molecule has 5 aromatic carbocycles. The Morgan fingerprint density at radius 2 is 1.26 bits per heavy atom. The molecule has 0 saturated carbocycles. The number of hydrogen-bond acceptors (Lipinski definition) is 3. The van der Waals surface area contributed by atoms with Crippen LogP contribution in [-0.4, -0.2) is 12.8 Å². The van der Waals surface area contributed by atoms with Gasteiger partial charge in [0.05, 0.1) is 6.04 Å². The maximum Gasteiger partial charge on any atom is 0.229 e. The maximum absolute atomic E-state index is 2.65. The van der Waals surface area contributed by atoms with Crippen molar-refractivity contribution in [2.75, 3.05) is 14.7 Å². The van der Waals surface area contributed by atoms with Crippen molar-refractivity contribution >= 4 is 51.8 Å². The van der Waals surface area contributed by atoms with Crippen LogP contribution >= 0.6 is 0 Å². The highest BCUT2D eigenvalue weighted by atomic mass is 15.2. The summed E-state index contributed by atoms with van der Waals surface area (Å²) in [6, 6.07) is 43.7. The first-order valence-corrected chi connectivity index (χ1v) is 22.6. The highest BCUT2D eigenvalue weighted by molar-refractivity contribution is 6.92. The van der Waals surface area contributed by atoms with Gasteiger partial charge in [-0.15, -0.1) is 0 Å². The van der Waals surface area contributed by atoms with Gasteiger partial charge in [-0.3, -0.25) is 0 Å².